The average molecular weight is 253 g/mol. The van der Waals surface area contributed by atoms with Crippen molar-refractivity contribution in [1.82, 2.24) is 9.55 Å². The van der Waals surface area contributed by atoms with Gasteiger partial charge in [0, 0.05) is 17.6 Å². The van der Waals surface area contributed by atoms with Crippen molar-refractivity contribution < 1.29 is 0 Å². The van der Waals surface area contributed by atoms with E-state index in [0.29, 0.717) is 11.6 Å². The Kier molecular flexibility index (Phi) is 3.54. The normalized spacial score (nSPS) is 11.1. The molecule has 3 nitrogen and oxygen atoms in total. The van der Waals surface area contributed by atoms with Gasteiger partial charge in [0.05, 0.1) is 11.2 Å². The number of hydrogen-bond acceptors (Lipinski definition) is 3. The van der Waals surface area contributed by atoms with Gasteiger partial charge in [0.15, 0.2) is 0 Å². The summed E-state index contributed by atoms with van der Waals surface area (Å²) in [7, 11) is 0. The fraction of sp³-hybridized carbons (Fsp3) is 0.0909. The molecule has 0 saturated heterocycles. The quantitative estimate of drug-likeness (QED) is 0.842. The summed E-state index contributed by atoms with van der Waals surface area (Å²) >= 11 is 7.40. The van der Waals surface area contributed by atoms with Crippen LogP contribution < -0.4 is 5.69 Å². The summed E-state index contributed by atoms with van der Waals surface area (Å²) in [5, 5.41) is 2.47. The maximum Gasteiger partial charge on any atom is 0.347 e. The molecule has 0 fully saturated rings. The molecule has 0 aliphatic carbocycles. The van der Waals surface area contributed by atoms with Crippen LogP contribution in [0.5, 0.6) is 0 Å². The lowest BCUT2D eigenvalue weighted by Crippen LogP contribution is -2.21. The second-order valence-corrected chi connectivity index (χ2v) is 4.54. The molecule has 82 valence electrons. The van der Waals surface area contributed by atoms with E-state index in [-0.39, 0.29) is 5.69 Å². The maximum atomic E-state index is 11.3. The van der Waals surface area contributed by atoms with E-state index in [9.17, 15) is 4.79 Å². The molecule has 0 spiro atoms. The number of rotatable bonds is 3. The van der Waals surface area contributed by atoms with Gasteiger partial charge >= 0.3 is 5.69 Å². The molecule has 2 aromatic heterocycles. The van der Waals surface area contributed by atoms with Gasteiger partial charge in [-0.15, -0.1) is 11.3 Å². The Labute approximate surface area is 102 Å². The van der Waals surface area contributed by atoms with Gasteiger partial charge in [-0.2, -0.15) is 0 Å². The molecule has 0 unspecified atom stereocenters. The second kappa shape index (κ2) is 5.09. The van der Waals surface area contributed by atoms with Gasteiger partial charge in [-0.25, -0.2) is 9.78 Å². The molecule has 0 N–H and O–H groups in total. The Balaban J connectivity index is 2.10. The summed E-state index contributed by atoms with van der Waals surface area (Å²) in [5.74, 6) is 0. The number of thiophene rings is 1. The molecule has 0 radical (unpaired) electrons. The second-order valence-electron chi connectivity index (χ2n) is 3.12. The van der Waals surface area contributed by atoms with Crippen molar-refractivity contribution in [3.8, 4) is 0 Å². The van der Waals surface area contributed by atoms with Gasteiger partial charge < -0.3 is 0 Å². The molecule has 2 heterocycles. The van der Waals surface area contributed by atoms with E-state index in [2.05, 4.69) is 4.98 Å². The lowest BCUT2D eigenvalue weighted by Gasteiger charge is -1.99. The largest absolute Gasteiger partial charge is 0.347 e. The van der Waals surface area contributed by atoms with Gasteiger partial charge in [-0.3, -0.25) is 4.57 Å². The smallest absolute Gasteiger partial charge is 0.294 e. The van der Waals surface area contributed by atoms with Gasteiger partial charge in [-0.05, 0) is 17.5 Å². The predicted octanol–water partition coefficient (Wildman–Crippen LogP) is 2.67. The topological polar surface area (TPSA) is 34.9 Å². The molecule has 5 heteroatoms. The fourth-order valence-electron chi connectivity index (χ4n) is 1.23. The first-order chi connectivity index (χ1) is 7.75. The van der Waals surface area contributed by atoms with E-state index in [1.54, 1.807) is 17.5 Å². The standard InChI is InChI=1S/C11H9ClN2OS/c12-9-7-13-11(15)14(8-9)5-1-3-10-4-2-6-16-10/h1-4,6-8H,5H2. The summed E-state index contributed by atoms with van der Waals surface area (Å²) in [5.41, 5.74) is -0.291. The van der Waals surface area contributed by atoms with E-state index in [4.69, 9.17) is 11.6 Å². The number of allylic oxidation sites excluding steroid dienone is 1. The minimum absolute atomic E-state index is 0.291. The average Bonchev–Trinajstić information content (AvgIpc) is 2.76. The monoisotopic (exact) mass is 252 g/mol. The summed E-state index contributed by atoms with van der Waals surface area (Å²) in [6.07, 6.45) is 6.81. The van der Waals surface area contributed by atoms with Gasteiger partial charge in [-0.1, -0.05) is 23.7 Å². The molecule has 0 amide bonds. The van der Waals surface area contributed by atoms with E-state index < -0.39 is 0 Å². The molecular weight excluding hydrogens is 244 g/mol. The molecule has 0 bridgehead atoms. The summed E-state index contributed by atoms with van der Waals surface area (Å²) in [6, 6.07) is 4.00. The van der Waals surface area contributed by atoms with Crippen molar-refractivity contribution in [3.63, 3.8) is 0 Å². The van der Waals surface area contributed by atoms with Crippen molar-refractivity contribution in [3.05, 3.63) is 56.4 Å². The summed E-state index contributed by atoms with van der Waals surface area (Å²) in [6.45, 7) is 0.476. The van der Waals surface area contributed by atoms with Crippen LogP contribution in [0.15, 0.2) is 40.8 Å². The van der Waals surface area contributed by atoms with Crippen molar-refractivity contribution in [1.29, 1.82) is 0 Å². The van der Waals surface area contributed by atoms with Gasteiger partial charge in [0.2, 0.25) is 0 Å². The molecule has 16 heavy (non-hydrogen) atoms. The Morgan fingerprint density at radius 2 is 2.44 bits per heavy atom. The van der Waals surface area contributed by atoms with E-state index in [1.165, 1.54) is 10.8 Å². The van der Waals surface area contributed by atoms with E-state index >= 15 is 0 Å². The summed E-state index contributed by atoms with van der Waals surface area (Å²) in [4.78, 5) is 16.1. The van der Waals surface area contributed by atoms with E-state index in [1.807, 2.05) is 29.7 Å². The lowest BCUT2D eigenvalue weighted by molar-refractivity contribution is 0.745. The molecule has 0 saturated carbocycles. The molecule has 0 aliphatic heterocycles. The zero-order valence-electron chi connectivity index (χ0n) is 8.34. The van der Waals surface area contributed by atoms with Crippen LogP contribution >= 0.6 is 22.9 Å². The van der Waals surface area contributed by atoms with Crippen LogP contribution in [-0.4, -0.2) is 9.55 Å². The van der Waals surface area contributed by atoms with Crippen LogP contribution in [-0.2, 0) is 6.54 Å². The highest BCUT2D eigenvalue weighted by Gasteiger charge is 1.95. The zero-order valence-corrected chi connectivity index (χ0v) is 9.91. The molecular formula is C11H9ClN2OS. The number of halogens is 1. The van der Waals surface area contributed by atoms with Crippen LogP contribution in [0.25, 0.3) is 6.08 Å². The van der Waals surface area contributed by atoms with Crippen LogP contribution in [0.4, 0.5) is 0 Å². The molecule has 2 rings (SSSR count). The Bertz CT molecular complexity index is 545. The third-order valence-electron chi connectivity index (χ3n) is 1.95. The van der Waals surface area contributed by atoms with E-state index in [0.717, 1.165) is 4.88 Å². The predicted molar refractivity (Wildman–Crippen MR) is 66.9 cm³/mol. The van der Waals surface area contributed by atoms with Crippen molar-refractivity contribution in [2.45, 2.75) is 6.54 Å². The summed E-state index contributed by atoms with van der Waals surface area (Å²) < 4.78 is 1.46. The van der Waals surface area contributed by atoms with Crippen LogP contribution in [0.2, 0.25) is 5.02 Å². The highest BCUT2D eigenvalue weighted by molar-refractivity contribution is 7.10. The van der Waals surface area contributed by atoms with Crippen LogP contribution in [0.1, 0.15) is 4.88 Å². The number of aromatic nitrogens is 2. The first-order valence-electron chi connectivity index (χ1n) is 4.68. The molecule has 0 aliphatic rings. The van der Waals surface area contributed by atoms with Crippen molar-refractivity contribution in [2.24, 2.45) is 0 Å². The highest BCUT2D eigenvalue weighted by Crippen LogP contribution is 2.10. The minimum Gasteiger partial charge on any atom is -0.294 e. The molecule has 0 aromatic carbocycles. The van der Waals surface area contributed by atoms with Crippen LogP contribution in [0.3, 0.4) is 0 Å². The zero-order chi connectivity index (χ0) is 11.4. The Hall–Kier alpha value is -1.39. The third kappa shape index (κ3) is 2.81. The molecule has 0 atom stereocenters. The first kappa shape index (κ1) is 11.1. The highest BCUT2D eigenvalue weighted by atomic mass is 35.5. The Morgan fingerprint density at radius 3 is 3.19 bits per heavy atom. The van der Waals surface area contributed by atoms with Crippen molar-refractivity contribution in [2.75, 3.05) is 0 Å². The van der Waals surface area contributed by atoms with Crippen molar-refractivity contribution >= 4 is 29.0 Å². The number of nitrogens with zero attached hydrogens (tertiary/aromatic N) is 2. The van der Waals surface area contributed by atoms with Gasteiger partial charge in [0.1, 0.15) is 0 Å². The maximum absolute atomic E-state index is 11.3. The van der Waals surface area contributed by atoms with Gasteiger partial charge in [0.25, 0.3) is 0 Å². The first-order valence-corrected chi connectivity index (χ1v) is 5.93. The minimum atomic E-state index is -0.291. The third-order valence-corrected chi connectivity index (χ3v) is 2.98. The molecule has 2 aromatic rings. The van der Waals surface area contributed by atoms with Crippen LogP contribution in [0, 0.1) is 0 Å². The lowest BCUT2D eigenvalue weighted by atomic mass is 10.4. The number of hydrogen-bond donors (Lipinski definition) is 0. The fourth-order valence-corrected chi connectivity index (χ4v) is 2.04. The Morgan fingerprint density at radius 1 is 1.56 bits per heavy atom. The SMILES string of the molecule is O=c1ncc(Cl)cn1CC=Cc1cccs1.